The normalized spacial score (nSPS) is 10.6. The van der Waals surface area contributed by atoms with Crippen LogP contribution in [0.2, 0.25) is 0 Å². The molecule has 2 heterocycles. The van der Waals surface area contributed by atoms with Crippen molar-refractivity contribution in [3.8, 4) is 5.69 Å². The summed E-state index contributed by atoms with van der Waals surface area (Å²) in [6.45, 7) is 3.80. The van der Waals surface area contributed by atoms with Gasteiger partial charge in [0.05, 0.1) is 5.69 Å². The first-order valence-electron chi connectivity index (χ1n) is 7.51. The Bertz CT molecular complexity index is 927. The van der Waals surface area contributed by atoms with Gasteiger partial charge in [-0.25, -0.2) is 9.48 Å². The quantitative estimate of drug-likeness (QED) is 0.749. The van der Waals surface area contributed by atoms with Crippen molar-refractivity contribution in [1.82, 2.24) is 14.8 Å². The molecule has 0 radical (unpaired) electrons. The molecule has 0 spiro atoms. The van der Waals surface area contributed by atoms with Crippen LogP contribution in [0.1, 0.15) is 27.2 Å². The molecule has 0 saturated carbocycles. The topological polar surface area (TPSA) is 77.0 Å². The maximum Gasteiger partial charge on any atom is 0.344 e. The van der Waals surface area contributed by atoms with E-state index in [0.717, 1.165) is 16.8 Å². The summed E-state index contributed by atoms with van der Waals surface area (Å²) in [6.07, 6.45) is 3.57. The third kappa shape index (κ3) is 3.27. The fourth-order valence-electron chi connectivity index (χ4n) is 2.36. The third-order valence-electron chi connectivity index (χ3n) is 3.73. The SMILES string of the molecule is Cc1ccc(C(=O)OCc2ccc(-n3cccn3)cc2C)c(=O)[nH]1. The van der Waals surface area contributed by atoms with E-state index in [1.54, 1.807) is 23.9 Å². The highest BCUT2D eigenvalue weighted by molar-refractivity contribution is 5.88. The van der Waals surface area contributed by atoms with Gasteiger partial charge in [0.2, 0.25) is 0 Å². The molecule has 24 heavy (non-hydrogen) atoms. The van der Waals surface area contributed by atoms with Gasteiger partial charge in [-0.3, -0.25) is 4.79 Å². The molecule has 3 rings (SSSR count). The largest absolute Gasteiger partial charge is 0.457 e. The van der Waals surface area contributed by atoms with Crippen molar-refractivity contribution in [2.24, 2.45) is 0 Å². The molecular formula is C18H17N3O3. The molecule has 0 aliphatic carbocycles. The van der Waals surface area contributed by atoms with E-state index in [1.807, 2.05) is 37.4 Å². The highest BCUT2D eigenvalue weighted by Gasteiger charge is 2.13. The first-order chi connectivity index (χ1) is 11.5. The van der Waals surface area contributed by atoms with Gasteiger partial charge in [-0.2, -0.15) is 5.10 Å². The van der Waals surface area contributed by atoms with Gasteiger partial charge in [-0.1, -0.05) is 6.07 Å². The summed E-state index contributed by atoms with van der Waals surface area (Å²) < 4.78 is 7.02. The van der Waals surface area contributed by atoms with Crippen molar-refractivity contribution in [1.29, 1.82) is 0 Å². The smallest absolute Gasteiger partial charge is 0.344 e. The monoisotopic (exact) mass is 323 g/mol. The van der Waals surface area contributed by atoms with Gasteiger partial charge < -0.3 is 9.72 Å². The van der Waals surface area contributed by atoms with Gasteiger partial charge in [-0.15, -0.1) is 0 Å². The van der Waals surface area contributed by atoms with Gasteiger partial charge in [0.1, 0.15) is 12.2 Å². The van der Waals surface area contributed by atoms with Crippen LogP contribution in [0.5, 0.6) is 0 Å². The first kappa shape index (κ1) is 15.7. The van der Waals surface area contributed by atoms with Crippen LogP contribution >= 0.6 is 0 Å². The van der Waals surface area contributed by atoms with Crippen molar-refractivity contribution in [2.45, 2.75) is 20.5 Å². The predicted octanol–water partition coefficient (Wildman–Crippen LogP) is 2.53. The number of H-pyrrole nitrogens is 1. The Morgan fingerprint density at radius 1 is 1.25 bits per heavy atom. The molecule has 0 fully saturated rings. The number of benzene rings is 1. The van der Waals surface area contributed by atoms with Crippen molar-refractivity contribution in [2.75, 3.05) is 0 Å². The molecule has 0 bridgehead atoms. The summed E-state index contributed by atoms with van der Waals surface area (Å²) in [4.78, 5) is 26.4. The second-order valence-electron chi connectivity index (χ2n) is 5.52. The highest BCUT2D eigenvalue weighted by atomic mass is 16.5. The fourth-order valence-corrected chi connectivity index (χ4v) is 2.36. The van der Waals surface area contributed by atoms with Crippen LogP contribution < -0.4 is 5.56 Å². The third-order valence-corrected chi connectivity index (χ3v) is 3.73. The highest BCUT2D eigenvalue weighted by Crippen LogP contribution is 2.15. The molecule has 2 aromatic heterocycles. The van der Waals surface area contributed by atoms with E-state index in [0.29, 0.717) is 5.69 Å². The molecular weight excluding hydrogens is 306 g/mol. The summed E-state index contributed by atoms with van der Waals surface area (Å²) in [6, 6.07) is 10.8. The van der Waals surface area contributed by atoms with Gasteiger partial charge >= 0.3 is 5.97 Å². The minimum Gasteiger partial charge on any atom is -0.457 e. The predicted molar refractivity (Wildman–Crippen MR) is 89.2 cm³/mol. The number of ether oxygens (including phenoxy) is 1. The number of aromatic nitrogens is 3. The molecule has 0 aliphatic rings. The Labute approximate surface area is 138 Å². The minimum absolute atomic E-state index is 0.00594. The van der Waals surface area contributed by atoms with Crippen LogP contribution in [0.3, 0.4) is 0 Å². The van der Waals surface area contributed by atoms with Crippen LogP contribution in [0.25, 0.3) is 5.69 Å². The Kier molecular flexibility index (Phi) is 4.29. The van der Waals surface area contributed by atoms with Crippen LogP contribution in [0.4, 0.5) is 0 Å². The number of nitrogens with one attached hydrogen (secondary N) is 1. The number of pyridine rings is 1. The number of aryl methyl sites for hydroxylation is 2. The van der Waals surface area contributed by atoms with E-state index in [-0.39, 0.29) is 12.2 Å². The zero-order valence-corrected chi connectivity index (χ0v) is 13.4. The second-order valence-corrected chi connectivity index (χ2v) is 5.52. The van der Waals surface area contributed by atoms with Crippen molar-refractivity contribution in [3.05, 3.63) is 81.5 Å². The van der Waals surface area contributed by atoms with Crippen molar-refractivity contribution >= 4 is 5.97 Å². The number of rotatable bonds is 4. The van der Waals surface area contributed by atoms with Crippen LogP contribution in [-0.2, 0) is 11.3 Å². The average molecular weight is 323 g/mol. The Hall–Kier alpha value is -3.15. The fraction of sp³-hybridized carbons (Fsp3) is 0.167. The molecule has 122 valence electrons. The first-order valence-corrected chi connectivity index (χ1v) is 7.51. The van der Waals surface area contributed by atoms with E-state index in [9.17, 15) is 9.59 Å². The van der Waals surface area contributed by atoms with Crippen molar-refractivity contribution < 1.29 is 9.53 Å². The summed E-state index contributed by atoms with van der Waals surface area (Å²) >= 11 is 0. The lowest BCUT2D eigenvalue weighted by Crippen LogP contribution is -2.20. The van der Waals surface area contributed by atoms with E-state index < -0.39 is 11.5 Å². The lowest BCUT2D eigenvalue weighted by molar-refractivity contribution is 0.0470. The molecule has 0 atom stereocenters. The number of carbonyl (C=O) groups is 1. The molecule has 6 heteroatoms. The van der Waals surface area contributed by atoms with Crippen LogP contribution in [0, 0.1) is 13.8 Å². The number of aromatic amines is 1. The average Bonchev–Trinajstić information content (AvgIpc) is 3.08. The second kappa shape index (κ2) is 6.54. The van der Waals surface area contributed by atoms with Gasteiger partial charge in [0, 0.05) is 18.1 Å². The molecule has 0 amide bonds. The van der Waals surface area contributed by atoms with Gasteiger partial charge in [-0.05, 0) is 55.3 Å². The Balaban J connectivity index is 1.72. The van der Waals surface area contributed by atoms with E-state index >= 15 is 0 Å². The molecule has 6 nitrogen and oxygen atoms in total. The van der Waals surface area contributed by atoms with Gasteiger partial charge in [0.15, 0.2) is 0 Å². The zero-order chi connectivity index (χ0) is 17.1. The number of nitrogens with zero attached hydrogens (tertiary/aromatic N) is 2. The summed E-state index contributed by atoms with van der Waals surface area (Å²) in [5, 5.41) is 4.18. The van der Waals surface area contributed by atoms with E-state index in [1.165, 1.54) is 6.07 Å². The Morgan fingerprint density at radius 3 is 2.75 bits per heavy atom. The molecule has 1 N–H and O–H groups in total. The number of hydrogen-bond donors (Lipinski definition) is 1. The van der Waals surface area contributed by atoms with Crippen LogP contribution in [0.15, 0.2) is 53.6 Å². The molecule has 0 unspecified atom stereocenters. The lowest BCUT2D eigenvalue weighted by Gasteiger charge is -2.10. The molecule has 0 saturated heterocycles. The number of carbonyl (C=O) groups excluding carboxylic acids is 1. The van der Waals surface area contributed by atoms with E-state index in [2.05, 4.69) is 10.1 Å². The summed E-state index contributed by atoms with van der Waals surface area (Å²) in [5.41, 5.74) is 3.05. The number of hydrogen-bond acceptors (Lipinski definition) is 4. The summed E-state index contributed by atoms with van der Waals surface area (Å²) in [7, 11) is 0. The standard InChI is InChI=1S/C18H17N3O3/c1-12-10-15(21-9-3-8-19-21)6-5-14(12)11-24-18(23)16-7-4-13(2)20-17(16)22/h3-10H,11H2,1-2H3,(H,20,22). The zero-order valence-electron chi connectivity index (χ0n) is 13.4. The maximum absolute atomic E-state index is 12.1. The van der Waals surface area contributed by atoms with E-state index in [4.69, 9.17) is 4.74 Å². The van der Waals surface area contributed by atoms with Crippen molar-refractivity contribution in [3.63, 3.8) is 0 Å². The van der Waals surface area contributed by atoms with Crippen LogP contribution in [-0.4, -0.2) is 20.7 Å². The molecule has 0 aliphatic heterocycles. The maximum atomic E-state index is 12.1. The minimum atomic E-state index is -0.633. The van der Waals surface area contributed by atoms with Gasteiger partial charge in [0.25, 0.3) is 5.56 Å². The Morgan fingerprint density at radius 2 is 2.08 bits per heavy atom. The number of esters is 1. The molecule has 1 aromatic carbocycles. The summed E-state index contributed by atoms with van der Waals surface area (Å²) in [5.74, 6) is -0.633. The molecule has 3 aromatic rings. The lowest BCUT2D eigenvalue weighted by atomic mass is 10.1.